The van der Waals surface area contributed by atoms with Crippen LogP contribution in [0.5, 0.6) is 5.75 Å². The first-order chi connectivity index (χ1) is 13.8. The van der Waals surface area contributed by atoms with Crippen LogP contribution in [0, 0.1) is 0 Å². The summed E-state index contributed by atoms with van der Waals surface area (Å²) in [6.07, 6.45) is 0.261. The van der Waals surface area contributed by atoms with E-state index < -0.39 is 17.4 Å². The number of amides is 1. The average molecular weight is 456 g/mol. The molecule has 0 aliphatic rings. The summed E-state index contributed by atoms with van der Waals surface area (Å²) < 4.78 is 7.05. The topological polar surface area (TPSA) is 75.6 Å². The van der Waals surface area contributed by atoms with Gasteiger partial charge in [0.25, 0.3) is 5.91 Å². The Bertz CT molecular complexity index is 1050. The molecule has 0 saturated carbocycles. The van der Waals surface area contributed by atoms with Gasteiger partial charge in [-0.05, 0) is 42.5 Å². The number of nitrogens with one attached hydrogen (secondary N) is 1. The predicted octanol–water partition coefficient (Wildman–Crippen LogP) is 5.16. The Hall–Kier alpha value is -2.86. The van der Waals surface area contributed by atoms with Crippen molar-refractivity contribution >= 4 is 38.6 Å². The number of halogens is 1. The number of aliphatic carboxylic acids is 1. The second-order valence-corrected chi connectivity index (χ2v) is 7.94. The summed E-state index contributed by atoms with van der Waals surface area (Å²) in [6.45, 7) is 3.50. The van der Waals surface area contributed by atoms with Gasteiger partial charge in [-0.3, -0.25) is 4.79 Å². The van der Waals surface area contributed by atoms with Crippen molar-refractivity contribution in [3.05, 3.63) is 76.3 Å². The lowest BCUT2D eigenvalue weighted by molar-refractivity contribution is -0.143. The fourth-order valence-electron chi connectivity index (χ4n) is 2.92. The number of benzene rings is 3. The highest BCUT2D eigenvalue weighted by molar-refractivity contribution is 9.10. The van der Waals surface area contributed by atoms with Gasteiger partial charge in [-0.1, -0.05) is 65.3 Å². The molecule has 29 heavy (non-hydrogen) atoms. The van der Waals surface area contributed by atoms with E-state index in [1.165, 1.54) is 6.92 Å². The lowest BCUT2D eigenvalue weighted by atomic mass is 9.97. The van der Waals surface area contributed by atoms with Gasteiger partial charge in [0.1, 0.15) is 17.9 Å². The zero-order chi connectivity index (χ0) is 21.0. The zero-order valence-corrected chi connectivity index (χ0v) is 17.8. The standard InChI is InChI=1S/C23H22BrNO4/c1-3-23(2,22(27)28)25-21(26)19-13-10-16-6-4-5-7-18(16)20(19)29-14-15-8-11-17(24)12-9-15/h4-13H,3,14H2,1-2H3,(H,25,26)(H,27,28). The third kappa shape index (κ3) is 4.59. The van der Waals surface area contributed by atoms with Crippen LogP contribution in [0.25, 0.3) is 10.8 Å². The van der Waals surface area contributed by atoms with E-state index in [4.69, 9.17) is 4.74 Å². The molecule has 5 nitrogen and oxygen atoms in total. The van der Waals surface area contributed by atoms with Crippen molar-refractivity contribution in [2.75, 3.05) is 0 Å². The number of ether oxygens (including phenoxy) is 1. The summed E-state index contributed by atoms with van der Waals surface area (Å²) in [5.41, 5.74) is -0.0933. The van der Waals surface area contributed by atoms with E-state index in [0.29, 0.717) is 11.3 Å². The van der Waals surface area contributed by atoms with Crippen LogP contribution in [0.1, 0.15) is 36.2 Å². The maximum absolute atomic E-state index is 13.0. The number of rotatable bonds is 7. The first-order valence-corrected chi connectivity index (χ1v) is 10.1. The van der Waals surface area contributed by atoms with E-state index in [1.54, 1.807) is 13.0 Å². The van der Waals surface area contributed by atoms with Crippen LogP contribution in [0.4, 0.5) is 0 Å². The fourth-order valence-corrected chi connectivity index (χ4v) is 3.19. The molecule has 0 aromatic heterocycles. The average Bonchev–Trinajstić information content (AvgIpc) is 2.72. The molecule has 3 rings (SSSR count). The first kappa shape index (κ1) is 20.9. The van der Waals surface area contributed by atoms with Gasteiger partial charge in [-0.2, -0.15) is 0 Å². The molecule has 0 bridgehead atoms. The van der Waals surface area contributed by atoms with Gasteiger partial charge in [0, 0.05) is 9.86 Å². The minimum absolute atomic E-state index is 0.261. The molecule has 2 N–H and O–H groups in total. The monoisotopic (exact) mass is 455 g/mol. The largest absolute Gasteiger partial charge is 0.487 e. The van der Waals surface area contributed by atoms with E-state index in [2.05, 4.69) is 21.2 Å². The van der Waals surface area contributed by atoms with Gasteiger partial charge in [0.2, 0.25) is 0 Å². The molecular formula is C23H22BrNO4. The van der Waals surface area contributed by atoms with E-state index in [9.17, 15) is 14.7 Å². The molecule has 0 heterocycles. The maximum atomic E-state index is 13.0. The minimum atomic E-state index is -1.36. The number of hydrogen-bond acceptors (Lipinski definition) is 3. The number of carbonyl (C=O) groups excluding carboxylic acids is 1. The van der Waals surface area contributed by atoms with Gasteiger partial charge in [-0.25, -0.2) is 4.79 Å². The van der Waals surface area contributed by atoms with E-state index >= 15 is 0 Å². The zero-order valence-electron chi connectivity index (χ0n) is 16.2. The van der Waals surface area contributed by atoms with Crippen molar-refractivity contribution < 1.29 is 19.4 Å². The van der Waals surface area contributed by atoms with Crippen molar-refractivity contribution in [1.82, 2.24) is 5.32 Å². The SMILES string of the molecule is CCC(C)(NC(=O)c1ccc2ccccc2c1OCc1ccc(Br)cc1)C(=O)O. The summed E-state index contributed by atoms with van der Waals surface area (Å²) in [6, 6.07) is 18.9. The van der Waals surface area contributed by atoms with Crippen molar-refractivity contribution in [2.24, 2.45) is 0 Å². The molecule has 3 aromatic carbocycles. The third-order valence-electron chi connectivity index (χ3n) is 4.99. The Kier molecular flexibility index (Phi) is 6.23. The van der Waals surface area contributed by atoms with Gasteiger partial charge >= 0.3 is 5.97 Å². The Morgan fingerprint density at radius 2 is 1.76 bits per heavy atom. The molecule has 0 aliphatic carbocycles. The van der Waals surface area contributed by atoms with Crippen LogP contribution in [0.2, 0.25) is 0 Å². The molecule has 3 aromatic rings. The fraction of sp³-hybridized carbons (Fsp3) is 0.217. The summed E-state index contributed by atoms with van der Waals surface area (Å²) >= 11 is 3.41. The van der Waals surface area contributed by atoms with Crippen LogP contribution in [-0.2, 0) is 11.4 Å². The number of fused-ring (bicyclic) bond motifs is 1. The predicted molar refractivity (Wildman–Crippen MR) is 116 cm³/mol. The van der Waals surface area contributed by atoms with E-state index in [0.717, 1.165) is 20.8 Å². The van der Waals surface area contributed by atoms with Crippen molar-refractivity contribution in [2.45, 2.75) is 32.4 Å². The van der Waals surface area contributed by atoms with Gasteiger partial charge in [-0.15, -0.1) is 0 Å². The maximum Gasteiger partial charge on any atom is 0.329 e. The molecule has 6 heteroatoms. The minimum Gasteiger partial charge on any atom is -0.487 e. The summed E-state index contributed by atoms with van der Waals surface area (Å²) in [4.78, 5) is 24.6. The molecule has 0 spiro atoms. The Morgan fingerprint density at radius 3 is 2.41 bits per heavy atom. The lowest BCUT2D eigenvalue weighted by Gasteiger charge is -2.25. The summed E-state index contributed by atoms with van der Waals surface area (Å²) in [5.74, 6) is -1.12. The Morgan fingerprint density at radius 1 is 1.07 bits per heavy atom. The molecular weight excluding hydrogens is 434 g/mol. The van der Waals surface area contributed by atoms with Crippen LogP contribution in [-0.4, -0.2) is 22.5 Å². The third-order valence-corrected chi connectivity index (χ3v) is 5.52. The van der Waals surface area contributed by atoms with Crippen molar-refractivity contribution in [3.63, 3.8) is 0 Å². The first-order valence-electron chi connectivity index (χ1n) is 9.29. The number of hydrogen-bond donors (Lipinski definition) is 2. The molecule has 0 fully saturated rings. The summed E-state index contributed by atoms with van der Waals surface area (Å²) in [7, 11) is 0. The second kappa shape index (κ2) is 8.66. The molecule has 1 unspecified atom stereocenters. The lowest BCUT2D eigenvalue weighted by Crippen LogP contribution is -2.51. The van der Waals surface area contributed by atoms with Gasteiger partial charge < -0.3 is 15.2 Å². The van der Waals surface area contributed by atoms with Crippen molar-refractivity contribution in [1.29, 1.82) is 0 Å². The second-order valence-electron chi connectivity index (χ2n) is 7.02. The number of carbonyl (C=O) groups is 2. The highest BCUT2D eigenvalue weighted by Crippen LogP contribution is 2.31. The molecule has 0 aliphatic heterocycles. The van der Waals surface area contributed by atoms with E-state index in [-0.39, 0.29) is 13.0 Å². The Labute approximate surface area is 177 Å². The molecule has 1 atom stereocenters. The quantitative estimate of drug-likeness (QED) is 0.515. The van der Waals surface area contributed by atoms with Crippen LogP contribution < -0.4 is 10.1 Å². The van der Waals surface area contributed by atoms with Crippen LogP contribution in [0.15, 0.2) is 65.1 Å². The highest BCUT2D eigenvalue weighted by Gasteiger charge is 2.34. The highest BCUT2D eigenvalue weighted by atomic mass is 79.9. The van der Waals surface area contributed by atoms with Gasteiger partial charge in [0.05, 0.1) is 5.56 Å². The Balaban J connectivity index is 1.98. The van der Waals surface area contributed by atoms with Crippen LogP contribution >= 0.6 is 15.9 Å². The van der Waals surface area contributed by atoms with Gasteiger partial charge in [0.15, 0.2) is 0 Å². The molecule has 150 valence electrons. The summed E-state index contributed by atoms with van der Waals surface area (Å²) in [5, 5.41) is 13.9. The number of carboxylic acids is 1. The van der Waals surface area contributed by atoms with E-state index in [1.807, 2.05) is 54.6 Å². The molecule has 1 amide bonds. The van der Waals surface area contributed by atoms with Crippen molar-refractivity contribution in [3.8, 4) is 5.75 Å². The van der Waals surface area contributed by atoms with Crippen LogP contribution in [0.3, 0.4) is 0 Å². The molecule has 0 radical (unpaired) electrons. The smallest absolute Gasteiger partial charge is 0.329 e. The molecule has 0 saturated heterocycles. The normalized spacial score (nSPS) is 12.9. The number of carboxylic acid groups (broad SMARTS) is 1.